The molecule has 0 aliphatic carbocycles. The molecule has 156 valence electrons. The minimum atomic E-state index is -0.0607. The normalized spacial score (nSPS) is 16.9. The second-order valence-corrected chi connectivity index (χ2v) is 8.81. The summed E-state index contributed by atoms with van der Waals surface area (Å²) < 4.78 is 10.8. The third-order valence-corrected chi connectivity index (χ3v) is 5.53. The first-order valence-corrected chi connectivity index (χ1v) is 10.2. The van der Waals surface area contributed by atoms with Crippen LogP contribution >= 0.6 is 0 Å². The molecule has 1 fully saturated rings. The predicted molar refractivity (Wildman–Crippen MR) is 114 cm³/mol. The Balaban J connectivity index is 1.45. The smallest absolute Gasteiger partial charge is 0.257 e. The quantitative estimate of drug-likeness (QED) is 0.622. The van der Waals surface area contributed by atoms with Crippen LogP contribution in [0, 0.1) is 0 Å². The predicted octanol–water partition coefficient (Wildman–Crippen LogP) is 4.56. The zero-order valence-corrected chi connectivity index (χ0v) is 17.9. The molecule has 3 aromatic rings. The molecular formula is C24H27N3O3. The summed E-state index contributed by atoms with van der Waals surface area (Å²) in [6, 6.07) is 16.0. The van der Waals surface area contributed by atoms with Crippen LogP contribution in [0.15, 0.2) is 53.1 Å². The van der Waals surface area contributed by atoms with Gasteiger partial charge in [-0.15, -0.1) is 0 Å². The molecule has 6 heteroatoms. The molecule has 1 unspecified atom stereocenters. The second-order valence-electron chi connectivity index (χ2n) is 8.81. The van der Waals surface area contributed by atoms with E-state index in [2.05, 4.69) is 43.0 Å². The molecule has 4 rings (SSSR count). The molecule has 1 atom stereocenters. The molecule has 0 N–H and O–H groups in total. The number of hydrogen-bond acceptors (Lipinski definition) is 5. The van der Waals surface area contributed by atoms with Crippen LogP contribution in [0.1, 0.15) is 50.1 Å². The van der Waals surface area contributed by atoms with Gasteiger partial charge in [0.05, 0.1) is 7.11 Å². The highest BCUT2D eigenvalue weighted by Gasteiger charge is 2.33. The van der Waals surface area contributed by atoms with Crippen LogP contribution in [0.5, 0.6) is 5.75 Å². The van der Waals surface area contributed by atoms with Crippen molar-refractivity contribution in [3.8, 4) is 17.2 Å². The van der Waals surface area contributed by atoms with E-state index in [4.69, 9.17) is 9.26 Å². The molecule has 30 heavy (non-hydrogen) atoms. The van der Waals surface area contributed by atoms with Gasteiger partial charge in [0.2, 0.25) is 5.91 Å². The van der Waals surface area contributed by atoms with Crippen LogP contribution in [0.4, 0.5) is 0 Å². The molecule has 1 aliphatic rings. The van der Waals surface area contributed by atoms with Crippen molar-refractivity contribution in [1.82, 2.24) is 15.0 Å². The molecule has 0 bridgehead atoms. The van der Waals surface area contributed by atoms with E-state index in [-0.39, 0.29) is 17.2 Å². The molecule has 1 aliphatic heterocycles. The fraction of sp³-hybridized carbons (Fsp3) is 0.375. The van der Waals surface area contributed by atoms with E-state index >= 15 is 0 Å². The van der Waals surface area contributed by atoms with E-state index in [9.17, 15) is 4.79 Å². The number of carbonyl (C=O) groups is 1. The number of methoxy groups -OCH3 is 1. The molecule has 0 spiro atoms. The fourth-order valence-electron chi connectivity index (χ4n) is 3.72. The average molecular weight is 405 g/mol. The van der Waals surface area contributed by atoms with E-state index in [1.807, 2.05) is 41.3 Å². The minimum absolute atomic E-state index is 0.0607. The van der Waals surface area contributed by atoms with Gasteiger partial charge in [0.15, 0.2) is 5.82 Å². The summed E-state index contributed by atoms with van der Waals surface area (Å²) >= 11 is 0. The summed E-state index contributed by atoms with van der Waals surface area (Å²) in [6.45, 7) is 7.67. The Hall–Kier alpha value is -3.15. The van der Waals surface area contributed by atoms with Crippen LogP contribution in [0.3, 0.4) is 0 Å². The highest BCUT2D eigenvalue weighted by molar-refractivity contribution is 5.79. The summed E-state index contributed by atoms with van der Waals surface area (Å²) in [5.41, 5.74) is 3.27. The number of carbonyl (C=O) groups excluding carboxylic acids is 1. The maximum absolute atomic E-state index is 12.5. The number of nitrogens with zero attached hydrogens (tertiary/aromatic N) is 3. The summed E-state index contributed by atoms with van der Waals surface area (Å²) in [5, 5.41) is 4.16. The lowest BCUT2D eigenvalue weighted by Crippen LogP contribution is -2.24. The number of hydrogen-bond donors (Lipinski definition) is 0. The zero-order chi connectivity index (χ0) is 21.3. The summed E-state index contributed by atoms with van der Waals surface area (Å²) in [7, 11) is 1.64. The van der Waals surface area contributed by atoms with Gasteiger partial charge in [-0.1, -0.05) is 50.2 Å². The molecule has 6 nitrogen and oxygen atoms in total. The largest absolute Gasteiger partial charge is 0.497 e. The van der Waals surface area contributed by atoms with Gasteiger partial charge in [-0.05, 0) is 40.8 Å². The van der Waals surface area contributed by atoms with Gasteiger partial charge in [-0.3, -0.25) is 4.79 Å². The second kappa shape index (κ2) is 7.94. The van der Waals surface area contributed by atoms with E-state index in [0.29, 0.717) is 31.2 Å². The Morgan fingerprint density at radius 2 is 1.93 bits per heavy atom. The molecular weight excluding hydrogens is 378 g/mol. The van der Waals surface area contributed by atoms with Crippen molar-refractivity contribution in [2.45, 2.75) is 45.1 Å². The standard InChI is InChI=1S/C24H27N3O3/c1-24(2,3)19-10-8-17(9-11-19)23-25-22(26-30-23)18-13-21(28)27(15-18)14-16-6-5-7-20(12-16)29-4/h5-12,18H,13-15H2,1-4H3. The van der Waals surface area contributed by atoms with Crippen LogP contribution in [-0.4, -0.2) is 34.6 Å². The van der Waals surface area contributed by atoms with Crippen molar-refractivity contribution < 1.29 is 14.1 Å². The van der Waals surface area contributed by atoms with Crippen LogP contribution in [-0.2, 0) is 16.8 Å². The molecule has 1 aromatic heterocycles. The first kappa shape index (κ1) is 20.1. The molecule has 2 aromatic carbocycles. The Morgan fingerprint density at radius 1 is 1.17 bits per heavy atom. The van der Waals surface area contributed by atoms with Crippen molar-refractivity contribution in [3.05, 3.63) is 65.5 Å². The summed E-state index contributed by atoms with van der Waals surface area (Å²) in [4.78, 5) is 19.0. The third-order valence-electron chi connectivity index (χ3n) is 5.53. The average Bonchev–Trinajstić information content (AvgIpc) is 3.35. The van der Waals surface area contributed by atoms with Gasteiger partial charge >= 0.3 is 0 Å². The summed E-state index contributed by atoms with van der Waals surface area (Å²) in [5.74, 6) is 1.91. The lowest BCUT2D eigenvalue weighted by atomic mass is 9.87. The number of ether oxygens (including phenoxy) is 1. The number of likely N-dealkylation sites (tertiary alicyclic amines) is 1. The van der Waals surface area contributed by atoms with Crippen molar-refractivity contribution in [1.29, 1.82) is 0 Å². The first-order chi connectivity index (χ1) is 14.3. The number of aromatic nitrogens is 2. The molecule has 0 saturated carbocycles. The molecule has 1 amide bonds. The Labute approximate surface area is 176 Å². The summed E-state index contributed by atoms with van der Waals surface area (Å²) in [6.07, 6.45) is 0.395. The van der Waals surface area contributed by atoms with Gasteiger partial charge in [-0.25, -0.2) is 0 Å². The Kier molecular flexibility index (Phi) is 5.33. The first-order valence-electron chi connectivity index (χ1n) is 10.2. The van der Waals surface area contributed by atoms with E-state index in [1.165, 1.54) is 5.56 Å². The van der Waals surface area contributed by atoms with Gasteiger partial charge in [0.1, 0.15) is 5.75 Å². The van der Waals surface area contributed by atoms with Gasteiger partial charge in [0.25, 0.3) is 5.89 Å². The molecule has 1 saturated heterocycles. The van der Waals surface area contributed by atoms with E-state index < -0.39 is 0 Å². The van der Waals surface area contributed by atoms with Crippen molar-refractivity contribution in [2.75, 3.05) is 13.7 Å². The van der Waals surface area contributed by atoms with Crippen molar-refractivity contribution >= 4 is 5.91 Å². The topological polar surface area (TPSA) is 68.5 Å². The number of amides is 1. The molecule has 2 heterocycles. The Morgan fingerprint density at radius 3 is 2.63 bits per heavy atom. The van der Waals surface area contributed by atoms with Crippen LogP contribution < -0.4 is 4.74 Å². The maximum atomic E-state index is 12.5. The number of benzene rings is 2. The number of rotatable bonds is 5. The highest BCUT2D eigenvalue weighted by Crippen LogP contribution is 2.30. The van der Waals surface area contributed by atoms with Gasteiger partial charge < -0.3 is 14.2 Å². The third kappa shape index (κ3) is 4.22. The van der Waals surface area contributed by atoms with Gasteiger partial charge in [0, 0.05) is 31.0 Å². The minimum Gasteiger partial charge on any atom is -0.497 e. The SMILES string of the molecule is COc1cccc(CN2CC(c3noc(-c4ccc(C(C)(C)C)cc4)n3)CC2=O)c1. The van der Waals surface area contributed by atoms with Crippen LogP contribution in [0.2, 0.25) is 0 Å². The van der Waals surface area contributed by atoms with Crippen LogP contribution in [0.25, 0.3) is 11.5 Å². The molecule has 0 radical (unpaired) electrons. The highest BCUT2D eigenvalue weighted by atomic mass is 16.5. The van der Waals surface area contributed by atoms with E-state index in [1.54, 1.807) is 7.11 Å². The van der Waals surface area contributed by atoms with Gasteiger partial charge in [-0.2, -0.15) is 4.98 Å². The lowest BCUT2D eigenvalue weighted by Gasteiger charge is -2.18. The maximum Gasteiger partial charge on any atom is 0.257 e. The lowest BCUT2D eigenvalue weighted by molar-refractivity contribution is -0.128. The van der Waals surface area contributed by atoms with Crippen molar-refractivity contribution in [2.24, 2.45) is 0 Å². The Bertz CT molecular complexity index is 1030. The van der Waals surface area contributed by atoms with E-state index in [0.717, 1.165) is 16.9 Å². The monoisotopic (exact) mass is 405 g/mol. The zero-order valence-electron chi connectivity index (χ0n) is 17.9. The fourth-order valence-corrected chi connectivity index (χ4v) is 3.72. The van der Waals surface area contributed by atoms with Crippen molar-refractivity contribution in [3.63, 3.8) is 0 Å².